The second-order valence-electron chi connectivity index (χ2n) is 6.80. The van der Waals surface area contributed by atoms with E-state index >= 15 is 0 Å². The van der Waals surface area contributed by atoms with Crippen molar-refractivity contribution in [1.82, 2.24) is 0 Å². The molecular weight excluding hydrogens is 308 g/mol. The van der Waals surface area contributed by atoms with Crippen molar-refractivity contribution in [3.63, 3.8) is 0 Å². The predicted molar refractivity (Wildman–Crippen MR) is 75.4 cm³/mol. The number of fused-ring (bicyclic) bond motifs is 3. The van der Waals surface area contributed by atoms with Gasteiger partial charge in [-0.15, -0.1) is 0 Å². The molecule has 0 saturated carbocycles. The summed E-state index contributed by atoms with van der Waals surface area (Å²) in [6.45, 7) is 7.36. The summed E-state index contributed by atoms with van der Waals surface area (Å²) >= 11 is 0. The van der Waals surface area contributed by atoms with Crippen LogP contribution >= 0.6 is 0 Å². The molecule has 0 unspecified atom stereocenters. The van der Waals surface area contributed by atoms with E-state index in [1.165, 1.54) is 7.11 Å². The van der Waals surface area contributed by atoms with Gasteiger partial charge in [-0.25, -0.2) is 4.79 Å². The van der Waals surface area contributed by atoms with Crippen molar-refractivity contribution >= 4 is 5.97 Å². The van der Waals surface area contributed by atoms with Crippen LogP contribution in [0.1, 0.15) is 27.7 Å². The Morgan fingerprint density at radius 2 is 1.57 bits per heavy atom. The van der Waals surface area contributed by atoms with Crippen LogP contribution in [0.2, 0.25) is 0 Å². The molecule has 0 aliphatic carbocycles. The Morgan fingerprint density at radius 1 is 0.957 bits per heavy atom. The van der Waals surface area contributed by atoms with Crippen LogP contribution in [0.4, 0.5) is 0 Å². The van der Waals surface area contributed by atoms with E-state index < -0.39 is 29.9 Å². The van der Waals surface area contributed by atoms with Crippen LogP contribution in [-0.4, -0.2) is 68.6 Å². The molecular formula is C15H24O8. The Kier molecular flexibility index (Phi) is 4.41. The van der Waals surface area contributed by atoms with Gasteiger partial charge in [0.15, 0.2) is 17.9 Å². The van der Waals surface area contributed by atoms with Crippen LogP contribution in [0.25, 0.3) is 0 Å². The van der Waals surface area contributed by atoms with Gasteiger partial charge in [-0.1, -0.05) is 0 Å². The standard InChI is InChI=1S/C15H24O8/c1-14(2)20-10-8(6-18-7-9(16)17-5)19-13-12(11(10)21-14)22-15(3,4)23-13/h8,10-13H,6-7H2,1-5H3/t8-,10+,11+,12-,13-/m1/s1. The number of rotatable bonds is 4. The van der Waals surface area contributed by atoms with Crippen LogP contribution in [0, 0.1) is 0 Å². The number of esters is 1. The van der Waals surface area contributed by atoms with Crippen LogP contribution in [-0.2, 0) is 38.0 Å². The number of carbonyl (C=O) groups excluding carboxylic acids is 1. The molecule has 3 aliphatic rings. The Hall–Kier alpha value is -0.770. The molecule has 0 aromatic rings. The van der Waals surface area contributed by atoms with Crippen molar-refractivity contribution in [2.75, 3.05) is 20.3 Å². The summed E-state index contributed by atoms with van der Waals surface area (Å²) in [5, 5.41) is 0. The number of ether oxygens (including phenoxy) is 7. The minimum atomic E-state index is -0.752. The molecule has 0 radical (unpaired) electrons. The second kappa shape index (κ2) is 5.94. The van der Waals surface area contributed by atoms with Gasteiger partial charge >= 0.3 is 5.97 Å². The molecule has 3 aliphatic heterocycles. The van der Waals surface area contributed by atoms with Crippen LogP contribution in [0.3, 0.4) is 0 Å². The van der Waals surface area contributed by atoms with Gasteiger partial charge in [0.2, 0.25) is 0 Å². The molecule has 3 rings (SSSR count). The van der Waals surface area contributed by atoms with E-state index in [2.05, 4.69) is 4.74 Å². The summed E-state index contributed by atoms with van der Waals surface area (Å²) in [5.41, 5.74) is 0. The fraction of sp³-hybridized carbons (Fsp3) is 0.933. The Morgan fingerprint density at radius 3 is 2.26 bits per heavy atom. The fourth-order valence-electron chi connectivity index (χ4n) is 3.14. The van der Waals surface area contributed by atoms with E-state index in [-0.39, 0.29) is 31.5 Å². The molecule has 3 fully saturated rings. The van der Waals surface area contributed by atoms with Gasteiger partial charge in [0.25, 0.3) is 0 Å². The number of hydrogen-bond acceptors (Lipinski definition) is 8. The summed E-state index contributed by atoms with van der Waals surface area (Å²) in [6, 6.07) is 0. The Labute approximate surface area is 135 Å². The van der Waals surface area contributed by atoms with Crippen molar-refractivity contribution in [3.05, 3.63) is 0 Å². The third-order valence-corrected chi connectivity index (χ3v) is 3.98. The first-order valence-corrected chi connectivity index (χ1v) is 7.72. The third-order valence-electron chi connectivity index (χ3n) is 3.98. The molecule has 0 spiro atoms. The van der Waals surface area contributed by atoms with Gasteiger partial charge < -0.3 is 33.2 Å². The number of methoxy groups -OCH3 is 1. The zero-order valence-corrected chi connectivity index (χ0v) is 14.1. The lowest BCUT2D eigenvalue weighted by Crippen LogP contribution is -2.56. The van der Waals surface area contributed by atoms with Gasteiger partial charge in [-0.3, -0.25) is 0 Å². The van der Waals surface area contributed by atoms with Crippen LogP contribution < -0.4 is 0 Å². The molecule has 3 heterocycles. The number of carbonyl (C=O) groups is 1. The predicted octanol–water partition coefficient (Wildman–Crippen LogP) is 0.572. The SMILES string of the molecule is COC(=O)COC[C@H]1O[C@@H]2OC(C)(C)O[C@@H]2[C@H]2OC(C)(C)O[C@H]21. The summed E-state index contributed by atoms with van der Waals surface area (Å²) < 4.78 is 39.5. The molecule has 8 heteroatoms. The molecule has 0 aromatic heterocycles. The Bertz CT molecular complexity index is 462. The average molecular weight is 332 g/mol. The maximum atomic E-state index is 11.2. The number of hydrogen-bond donors (Lipinski definition) is 0. The molecule has 5 atom stereocenters. The molecule has 3 saturated heterocycles. The van der Waals surface area contributed by atoms with Gasteiger partial charge in [-0.2, -0.15) is 0 Å². The van der Waals surface area contributed by atoms with Crippen molar-refractivity contribution in [3.8, 4) is 0 Å². The van der Waals surface area contributed by atoms with E-state index in [0.717, 1.165) is 0 Å². The van der Waals surface area contributed by atoms with Gasteiger partial charge in [0.1, 0.15) is 31.0 Å². The van der Waals surface area contributed by atoms with Gasteiger partial charge in [-0.05, 0) is 27.7 Å². The van der Waals surface area contributed by atoms with Crippen molar-refractivity contribution < 1.29 is 38.0 Å². The summed E-state index contributed by atoms with van der Waals surface area (Å²) in [6.07, 6.45) is -2.03. The zero-order valence-electron chi connectivity index (χ0n) is 14.1. The van der Waals surface area contributed by atoms with Gasteiger partial charge in [0, 0.05) is 0 Å². The molecule has 0 N–H and O–H groups in total. The largest absolute Gasteiger partial charge is 0.467 e. The molecule has 0 aromatic carbocycles. The highest BCUT2D eigenvalue weighted by molar-refractivity contribution is 5.70. The topological polar surface area (TPSA) is 81.7 Å². The van der Waals surface area contributed by atoms with Crippen molar-refractivity contribution in [2.24, 2.45) is 0 Å². The van der Waals surface area contributed by atoms with E-state index in [1.54, 1.807) is 0 Å². The smallest absolute Gasteiger partial charge is 0.331 e. The monoisotopic (exact) mass is 332 g/mol. The highest BCUT2D eigenvalue weighted by atomic mass is 16.9. The van der Waals surface area contributed by atoms with E-state index in [0.29, 0.717) is 0 Å². The minimum Gasteiger partial charge on any atom is -0.467 e. The molecule has 132 valence electrons. The van der Waals surface area contributed by atoms with Crippen molar-refractivity contribution in [1.29, 1.82) is 0 Å². The minimum absolute atomic E-state index is 0.144. The molecule has 0 bridgehead atoms. The maximum absolute atomic E-state index is 11.2. The first kappa shape index (κ1) is 17.1. The van der Waals surface area contributed by atoms with E-state index in [4.69, 9.17) is 28.4 Å². The highest BCUT2D eigenvalue weighted by Crippen LogP contribution is 2.44. The maximum Gasteiger partial charge on any atom is 0.331 e. The first-order chi connectivity index (χ1) is 10.7. The van der Waals surface area contributed by atoms with Crippen LogP contribution in [0.15, 0.2) is 0 Å². The highest BCUT2D eigenvalue weighted by Gasteiger charge is 2.60. The summed E-state index contributed by atoms with van der Waals surface area (Å²) in [4.78, 5) is 11.2. The Balaban J connectivity index is 1.69. The van der Waals surface area contributed by atoms with E-state index in [1.807, 2.05) is 27.7 Å². The normalized spacial score (nSPS) is 40.5. The van der Waals surface area contributed by atoms with Crippen LogP contribution in [0.5, 0.6) is 0 Å². The fourth-order valence-corrected chi connectivity index (χ4v) is 3.14. The lowest BCUT2D eigenvalue weighted by Gasteiger charge is -2.37. The van der Waals surface area contributed by atoms with Gasteiger partial charge in [0.05, 0.1) is 13.7 Å². The van der Waals surface area contributed by atoms with E-state index in [9.17, 15) is 4.79 Å². The zero-order chi connectivity index (χ0) is 16.8. The lowest BCUT2D eigenvalue weighted by molar-refractivity contribution is -0.243. The lowest BCUT2D eigenvalue weighted by atomic mass is 9.99. The second-order valence-corrected chi connectivity index (χ2v) is 6.80. The quantitative estimate of drug-likeness (QED) is 0.691. The first-order valence-electron chi connectivity index (χ1n) is 7.72. The summed E-state index contributed by atoms with van der Waals surface area (Å²) in [5.74, 6) is -1.94. The summed E-state index contributed by atoms with van der Waals surface area (Å²) in [7, 11) is 1.31. The molecule has 8 nitrogen and oxygen atoms in total. The molecule has 0 amide bonds. The average Bonchev–Trinajstić information content (AvgIpc) is 2.93. The van der Waals surface area contributed by atoms with Crippen molar-refractivity contribution in [2.45, 2.75) is 70.0 Å². The third kappa shape index (κ3) is 3.52. The molecule has 23 heavy (non-hydrogen) atoms.